The number of hydrogen-bond acceptors (Lipinski definition) is 5. The van der Waals surface area contributed by atoms with Crippen LogP contribution in [0.2, 0.25) is 0 Å². The fraction of sp³-hybridized carbons (Fsp3) is 0.250. The largest absolute Gasteiger partial charge is 0.330 e. The number of Topliss-reactive ketones (excluding diaryl/α,β-unsaturated/α-hetero) is 1. The molecule has 0 saturated heterocycles. The summed E-state index contributed by atoms with van der Waals surface area (Å²) in [7, 11) is 3.34. The molecule has 1 aromatic carbocycles. The smallest absolute Gasteiger partial charge is 0.293 e. The van der Waals surface area contributed by atoms with E-state index in [0.717, 1.165) is 15.1 Å². The molecule has 0 fully saturated rings. The van der Waals surface area contributed by atoms with Crippen molar-refractivity contribution in [1.82, 2.24) is 9.13 Å². The second-order valence-electron chi connectivity index (χ2n) is 5.41. The van der Waals surface area contributed by atoms with E-state index >= 15 is 0 Å². The van der Waals surface area contributed by atoms with Gasteiger partial charge in [0.15, 0.2) is 5.78 Å². The average Bonchev–Trinajstić information content (AvgIpc) is 3.00. The third-order valence-corrected chi connectivity index (χ3v) is 5.79. The van der Waals surface area contributed by atoms with E-state index in [1.807, 2.05) is 12.1 Å². The van der Waals surface area contributed by atoms with Gasteiger partial charge >= 0.3 is 5.69 Å². The fourth-order valence-corrected chi connectivity index (χ4v) is 3.99. The molecule has 1 aliphatic heterocycles. The normalized spacial score (nSPS) is 12.9. The second kappa shape index (κ2) is 6.78. The molecule has 8 heteroatoms. The average molecular weight is 424 g/mol. The van der Waals surface area contributed by atoms with Gasteiger partial charge in [-0.05, 0) is 12.1 Å². The minimum Gasteiger partial charge on any atom is -0.293 e. The Bertz CT molecular complexity index is 992. The number of fused-ring (bicyclic) bond motifs is 1. The molecular formula is C16H14BrN3O2S2. The zero-order valence-corrected chi connectivity index (χ0v) is 16.3. The Morgan fingerprint density at radius 1 is 1.38 bits per heavy atom. The summed E-state index contributed by atoms with van der Waals surface area (Å²) >= 11 is 10.1. The van der Waals surface area contributed by atoms with Gasteiger partial charge in [-0.15, -0.1) is 11.8 Å². The lowest BCUT2D eigenvalue weighted by molar-refractivity contribution is 0.102. The lowest BCUT2D eigenvalue weighted by atomic mass is 10.2. The zero-order chi connectivity index (χ0) is 17.4. The lowest BCUT2D eigenvalue weighted by Crippen LogP contribution is -2.28. The van der Waals surface area contributed by atoms with Crippen molar-refractivity contribution in [2.24, 2.45) is 19.1 Å². The second-order valence-corrected chi connectivity index (χ2v) is 7.76. The highest BCUT2D eigenvalue weighted by Crippen LogP contribution is 2.29. The number of carbonyl (C=O) groups is 1. The number of benzene rings is 1. The van der Waals surface area contributed by atoms with Gasteiger partial charge in [0.2, 0.25) is 0 Å². The summed E-state index contributed by atoms with van der Waals surface area (Å²) in [5, 5.41) is 0.806. The summed E-state index contributed by atoms with van der Waals surface area (Å²) < 4.78 is 4.33. The molecule has 0 amide bonds. The van der Waals surface area contributed by atoms with Gasteiger partial charge in [0, 0.05) is 36.1 Å². The molecule has 0 spiro atoms. The van der Waals surface area contributed by atoms with Crippen molar-refractivity contribution in [2.75, 3.05) is 5.75 Å². The molecule has 0 atom stereocenters. The number of aliphatic imine (C=N–C) groups is 1. The quantitative estimate of drug-likeness (QED) is 0.560. The summed E-state index contributed by atoms with van der Waals surface area (Å²) in [5.74, 6) is 0.939. The molecule has 3 rings (SSSR count). The highest BCUT2D eigenvalue weighted by atomic mass is 79.9. The maximum atomic E-state index is 12.3. The first kappa shape index (κ1) is 17.3. The Morgan fingerprint density at radius 3 is 2.83 bits per heavy atom. The Kier molecular flexibility index (Phi) is 4.89. The Morgan fingerprint density at radius 2 is 2.12 bits per heavy atom. The van der Waals surface area contributed by atoms with Crippen LogP contribution in [0.15, 0.2) is 38.5 Å². The molecule has 0 saturated carbocycles. The van der Waals surface area contributed by atoms with E-state index in [-0.39, 0.29) is 11.5 Å². The Balaban J connectivity index is 1.78. The van der Waals surface area contributed by atoms with Crippen LogP contribution in [0, 0.1) is 4.64 Å². The number of carbonyl (C=O) groups excluding carboxylic acids is 1. The standard InChI is InChI=1S/C16H14BrN3O2S2/c1-19-14-11(15(23)20(2)16(19)22)7-13(18-14)24-8-12(21)9-4-3-5-10(17)6-9/h3-6H,7-8H2,1-2H3. The van der Waals surface area contributed by atoms with Crippen molar-refractivity contribution in [3.8, 4) is 0 Å². The van der Waals surface area contributed by atoms with Gasteiger partial charge in [-0.25, -0.2) is 9.79 Å². The molecule has 0 radical (unpaired) electrons. The van der Waals surface area contributed by atoms with E-state index in [9.17, 15) is 9.59 Å². The minimum absolute atomic E-state index is 0.0398. The van der Waals surface area contributed by atoms with Gasteiger partial charge < -0.3 is 0 Å². The third kappa shape index (κ3) is 3.18. The van der Waals surface area contributed by atoms with Crippen LogP contribution >= 0.6 is 39.9 Å². The summed E-state index contributed by atoms with van der Waals surface area (Å²) in [6.45, 7) is 0. The van der Waals surface area contributed by atoms with Gasteiger partial charge in [0.25, 0.3) is 0 Å². The van der Waals surface area contributed by atoms with Gasteiger partial charge in [-0.1, -0.05) is 40.3 Å². The van der Waals surface area contributed by atoms with Gasteiger partial charge in [-0.3, -0.25) is 13.9 Å². The molecule has 1 aliphatic rings. The molecule has 0 N–H and O–H groups in total. The first-order chi connectivity index (χ1) is 11.4. The number of aromatic nitrogens is 2. The van der Waals surface area contributed by atoms with Crippen molar-refractivity contribution in [2.45, 2.75) is 6.42 Å². The monoisotopic (exact) mass is 423 g/mol. The van der Waals surface area contributed by atoms with Crippen LogP contribution < -0.4 is 5.69 Å². The van der Waals surface area contributed by atoms with E-state index < -0.39 is 0 Å². The number of halogens is 1. The molecular weight excluding hydrogens is 410 g/mol. The highest BCUT2D eigenvalue weighted by Gasteiger charge is 2.22. The summed E-state index contributed by atoms with van der Waals surface area (Å²) in [5.41, 5.74) is 1.33. The topological polar surface area (TPSA) is 56.4 Å². The van der Waals surface area contributed by atoms with Gasteiger partial charge in [0.05, 0.1) is 10.8 Å². The number of ketones is 1. The SMILES string of the molecule is Cn1c2c(c(=S)n(C)c1=O)CC(SCC(=O)c1cccc(Br)c1)=N2. The van der Waals surface area contributed by atoms with Crippen LogP contribution in [-0.4, -0.2) is 25.7 Å². The summed E-state index contributed by atoms with van der Waals surface area (Å²) in [6.07, 6.45) is 0.562. The van der Waals surface area contributed by atoms with Crippen LogP contribution in [-0.2, 0) is 20.5 Å². The number of hydrogen-bond donors (Lipinski definition) is 0. The van der Waals surface area contributed by atoms with E-state index in [1.165, 1.54) is 20.9 Å². The molecule has 0 unspecified atom stereocenters. The Labute approximate surface area is 156 Å². The number of rotatable bonds is 3. The van der Waals surface area contributed by atoms with Crippen LogP contribution in [0.4, 0.5) is 5.82 Å². The third-order valence-electron chi connectivity index (χ3n) is 3.80. The Hall–Kier alpha value is -1.51. The molecule has 2 aromatic rings. The highest BCUT2D eigenvalue weighted by molar-refractivity contribution is 9.10. The van der Waals surface area contributed by atoms with Crippen LogP contribution in [0.1, 0.15) is 15.9 Å². The number of nitrogens with zero attached hydrogens (tertiary/aromatic N) is 3. The van der Waals surface area contributed by atoms with Gasteiger partial charge in [-0.2, -0.15) is 0 Å². The van der Waals surface area contributed by atoms with E-state index in [4.69, 9.17) is 12.2 Å². The van der Waals surface area contributed by atoms with Crippen LogP contribution in [0.25, 0.3) is 0 Å². The minimum atomic E-state index is -0.195. The first-order valence-corrected chi connectivity index (χ1v) is 9.35. The van der Waals surface area contributed by atoms with Crippen molar-refractivity contribution >= 4 is 56.6 Å². The fourth-order valence-electron chi connectivity index (χ4n) is 2.49. The molecule has 124 valence electrons. The van der Waals surface area contributed by atoms with Crippen molar-refractivity contribution in [1.29, 1.82) is 0 Å². The predicted molar refractivity (Wildman–Crippen MR) is 103 cm³/mol. The molecule has 5 nitrogen and oxygen atoms in total. The lowest BCUT2D eigenvalue weighted by Gasteiger charge is -2.07. The summed E-state index contributed by atoms with van der Waals surface area (Å²) in [6, 6.07) is 7.32. The maximum absolute atomic E-state index is 12.3. The summed E-state index contributed by atoms with van der Waals surface area (Å²) in [4.78, 5) is 28.9. The van der Waals surface area contributed by atoms with E-state index in [1.54, 1.807) is 26.2 Å². The molecule has 1 aromatic heterocycles. The van der Waals surface area contributed by atoms with Crippen molar-refractivity contribution < 1.29 is 4.79 Å². The van der Waals surface area contributed by atoms with Crippen molar-refractivity contribution in [3.05, 3.63) is 55.0 Å². The van der Waals surface area contributed by atoms with Crippen LogP contribution in [0.3, 0.4) is 0 Å². The molecule has 2 heterocycles. The number of thioether (sulfide) groups is 1. The molecule has 24 heavy (non-hydrogen) atoms. The van der Waals surface area contributed by atoms with Crippen molar-refractivity contribution in [3.63, 3.8) is 0 Å². The zero-order valence-electron chi connectivity index (χ0n) is 13.1. The molecule has 0 bridgehead atoms. The maximum Gasteiger partial charge on any atom is 0.330 e. The molecule has 0 aliphatic carbocycles. The van der Waals surface area contributed by atoms with E-state index in [0.29, 0.717) is 28.2 Å². The van der Waals surface area contributed by atoms with Crippen LogP contribution in [0.5, 0.6) is 0 Å². The first-order valence-electron chi connectivity index (χ1n) is 7.16. The predicted octanol–water partition coefficient (Wildman–Crippen LogP) is 3.42. The van der Waals surface area contributed by atoms with Gasteiger partial charge in [0.1, 0.15) is 10.5 Å². The van der Waals surface area contributed by atoms with E-state index in [2.05, 4.69) is 20.9 Å².